The van der Waals surface area contributed by atoms with Crippen molar-refractivity contribution in [2.24, 2.45) is 5.73 Å². The van der Waals surface area contributed by atoms with Crippen LogP contribution in [0.2, 0.25) is 0 Å². The van der Waals surface area contributed by atoms with Gasteiger partial charge in [0, 0.05) is 23.2 Å². The fourth-order valence-corrected chi connectivity index (χ4v) is 1.20. The maximum absolute atomic E-state index is 13.4. The summed E-state index contributed by atoms with van der Waals surface area (Å²) in [6.45, 7) is 5.17. The third-order valence-electron chi connectivity index (χ3n) is 2.30. The summed E-state index contributed by atoms with van der Waals surface area (Å²) in [6.07, 6.45) is 0.255. The SMILES string of the molecule is [CH2]C[C@](C)(N)c1cc([N+](=O)[O-])ccc1F. The van der Waals surface area contributed by atoms with E-state index in [9.17, 15) is 14.5 Å². The Bertz CT molecular complexity index is 391. The number of halogens is 1. The van der Waals surface area contributed by atoms with Gasteiger partial charge in [-0.25, -0.2) is 4.39 Å². The van der Waals surface area contributed by atoms with E-state index in [2.05, 4.69) is 6.92 Å². The first-order chi connectivity index (χ1) is 6.88. The Morgan fingerprint density at radius 2 is 2.27 bits per heavy atom. The molecule has 5 heteroatoms. The normalized spacial score (nSPS) is 14.7. The highest BCUT2D eigenvalue weighted by Crippen LogP contribution is 2.27. The highest BCUT2D eigenvalue weighted by Gasteiger charge is 2.24. The van der Waals surface area contributed by atoms with Gasteiger partial charge in [0.2, 0.25) is 0 Å². The topological polar surface area (TPSA) is 69.2 Å². The second-order valence-corrected chi connectivity index (χ2v) is 3.59. The molecule has 0 spiro atoms. The first-order valence-corrected chi connectivity index (χ1v) is 4.41. The van der Waals surface area contributed by atoms with Crippen molar-refractivity contribution in [1.29, 1.82) is 0 Å². The van der Waals surface area contributed by atoms with Gasteiger partial charge in [0.25, 0.3) is 5.69 Å². The number of nitro benzene ring substituents is 1. The third-order valence-corrected chi connectivity index (χ3v) is 2.30. The molecule has 0 bridgehead atoms. The minimum absolute atomic E-state index is 0.117. The molecule has 0 aliphatic carbocycles. The van der Waals surface area contributed by atoms with Crippen molar-refractivity contribution in [3.05, 3.63) is 46.6 Å². The molecule has 1 atom stereocenters. The zero-order chi connectivity index (χ0) is 11.6. The van der Waals surface area contributed by atoms with Gasteiger partial charge >= 0.3 is 0 Å². The van der Waals surface area contributed by atoms with Crippen LogP contribution in [0.25, 0.3) is 0 Å². The highest BCUT2D eigenvalue weighted by atomic mass is 19.1. The van der Waals surface area contributed by atoms with E-state index >= 15 is 0 Å². The molecule has 2 N–H and O–H groups in total. The average Bonchev–Trinajstić information content (AvgIpc) is 2.17. The first-order valence-electron chi connectivity index (χ1n) is 4.41. The maximum Gasteiger partial charge on any atom is 0.269 e. The zero-order valence-corrected chi connectivity index (χ0v) is 8.37. The Morgan fingerprint density at radius 1 is 1.67 bits per heavy atom. The van der Waals surface area contributed by atoms with E-state index in [1.54, 1.807) is 6.92 Å². The van der Waals surface area contributed by atoms with E-state index in [-0.39, 0.29) is 17.7 Å². The fraction of sp³-hybridized carbons (Fsp3) is 0.300. The molecular formula is C10H12FN2O2. The summed E-state index contributed by atoms with van der Waals surface area (Å²) in [6, 6.07) is 3.31. The van der Waals surface area contributed by atoms with E-state index in [0.29, 0.717) is 0 Å². The van der Waals surface area contributed by atoms with E-state index < -0.39 is 16.3 Å². The highest BCUT2D eigenvalue weighted by molar-refractivity contribution is 5.38. The molecule has 0 fully saturated rings. The summed E-state index contributed by atoms with van der Waals surface area (Å²) in [5.74, 6) is -0.547. The number of hydrogen-bond acceptors (Lipinski definition) is 3. The van der Waals surface area contributed by atoms with Crippen molar-refractivity contribution in [2.45, 2.75) is 18.9 Å². The Morgan fingerprint density at radius 3 is 2.73 bits per heavy atom. The van der Waals surface area contributed by atoms with Crippen molar-refractivity contribution >= 4 is 5.69 Å². The Labute approximate surface area is 87.0 Å². The van der Waals surface area contributed by atoms with Crippen molar-refractivity contribution in [3.63, 3.8) is 0 Å². The monoisotopic (exact) mass is 211 g/mol. The third kappa shape index (κ3) is 2.30. The molecule has 0 aromatic heterocycles. The molecule has 1 aromatic rings. The van der Waals surface area contributed by atoms with Gasteiger partial charge in [0.05, 0.1) is 4.92 Å². The molecule has 15 heavy (non-hydrogen) atoms. The van der Waals surface area contributed by atoms with Crippen molar-refractivity contribution in [1.82, 2.24) is 0 Å². The van der Waals surface area contributed by atoms with Gasteiger partial charge in [-0.2, -0.15) is 0 Å². The molecule has 1 aromatic carbocycles. The maximum atomic E-state index is 13.4. The molecule has 0 heterocycles. The van der Waals surface area contributed by atoms with Crippen LogP contribution < -0.4 is 5.73 Å². The molecule has 0 unspecified atom stereocenters. The molecule has 0 saturated heterocycles. The van der Waals surface area contributed by atoms with Crippen LogP contribution in [0.15, 0.2) is 18.2 Å². The minimum atomic E-state index is -0.990. The van der Waals surface area contributed by atoms with Gasteiger partial charge in [-0.05, 0) is 19.4 Å². The Hall–Kier alpha value is -1.49. The van der Waals surface area contributed by atoms with Gasteiger partial charge < -0.3 is 5.73 Å². The Kier molecular flexibility index (Phi) is 3.04. The van der Waals surface area contributed by atoms with Crippen LogP contribution in [-0.2, 0) is 5.54 Å². The smallest absolute Gasteiger partial charge is 0.269 e. The summed E-state index contributed by atoms with van der Waals surface area (Å²) in [5.41, 5.74) is 4.74. The molecule has 0 aliphatic rings. The molecule has 1 rings (SSSR count). The average molecular weight is 211 g/mol. The van der Waals surface area contributed by atoms with E-state index in [0.717, 1.165) is 18.2 Å². The zero-order valence-electron chi connectivity index (χ0n) is 8.37. The molecule has 4 nitrogen and oxygen atoms in total. The molecule has 1 radical (unpaired) electrons. The van der Waals surface area contributed by atoms with E-state index in [1.165, 1.54) is 0 Å². The number of nitro groups is 1. The molecular weight excluding hydrogens is 199 g/mol. The Balaban J connectivity index is 3.28. The van der Waals surface area contributed by atoms with Gasteiger partial charge in [-0.15, -0.1) is 0 Å². The lowest BCUT2D eigenvalue weighted by Gasteiger charge is -2.23. The van der Waals surface area contributed by atoms with Crippen LogP contribution in [-0.4, -0.2) is 4.92 Å². The van der Waals surface area contributed by atoms with Crippen LogP contribution in [0.4, 0.5) is 10.1 Å². The van der Waals surface area contributed by atoms with Crippen molar-refractivity contribution in [2.75, 3.05) is 0 Å². The number of non-ortho nitro benzene ring substituents is 1. The molecule has 0 amide bonds. The van der Waals surface area contributed by atoms with E-state index in [4.69, 9.17) is 5.73 Å². The lowest BCUT2D eigenvalue weighted by molar-refractivity contribution is -0.385. The van der Waals surface area contributed by atoms with Crippen molar-refractivity contribution < 1.29 is 9.31 Å². The van der Waals surface area contributed by atoms with Crippen LogP contribution in [0.3, 0.4) is 0 Å². The van der Waals surface area contributed by atoms with Gasteiger partial charge in [-0.1, -0.05) is 6.92 Å². The minimum Gasteiger partial charge on any atom is -0.322 e. The first kappa shape index (κ1) is 11.6. The summed E-state index contributed by atoms with van der Waals surface area (Å²) in [5, 5.41) is 10.5. The molecule has 0 aliphatic heterocycles. The van der Waals surface area contributed by atoms with Gasteiger partial charge in [0.1, 0.15) is 5.82 Å². The largest absolute Gasteiger partial charge is 0.322 e. The lowest BCUT2D eigenvalue weighted by Crippen LogP contribution is -2.33. The summed E-state index contributed by atoms with van der Waals surface area (Å²) < 4.78 is 13.4. The second-order valence-electron chi connectivity index (χ2n) is 3.59. The van der Waals surface area contributed by atoms with Crippen LogP contribution in [0.1, 0.15) is 18.9 Å². The number of rotatable bonds is 3. The number of benzene rings is 1. The molecule has 81 valence electrons. The number of nitrogens with zero attached hydrogens (tertiary/aromatic N) is 1. The quantitative estimate of drug-likeness (QED) is 0.615. The predicted octanol–water partition coefficient (Wildman–Crippen LogP) is 2.13. The predicted molar refractivity (Wildman–Crippen MR) is 54.6 cm³/mol. The van der Waals surface area contributed by atoms with Crippen LogP contribution >= 0.6 is 0 Å². The van der Waals surface area contributed by atoms with Crippen LogP contribution in [0, 0.1) is 22.9 Å². The molecule has 0 saturated carbocycles. The van der Waals surface area contributed by atoms with Crippen molar-refractivity contribution in [3.8, 4) is 0 Å². The summed E-state index contributed by atoms with van der Waals surface area (Å²) >= 11 is 0. The number of hydrogen-bond donors (Lipinski definition) is 1. The summed E-state index contributed by atoms with van der Waals surface area (Å²) in [7, 11) is 0. The lowest BCUT2D eigenvalue weighted by atomic mass is 9.90. The van der Waals surface area contributed by atoms with E-state index in [1.807, 2.05) is 0 Å². The standard InChI is InChI=1S/C10H12FN2O2/c1-3-10(2,12)8-6-7(13(14)15)4-5-9(8)11/h4-6H,1,3,12H2,2H3/t10-/m0/s1. The number of nitrogens with two attached hydrogens (primary N) is 1. The summed E-state index contributed by atoms with van der Waals surface area (Å²) in [4.78, 5) is 9.93. The van der Waals surface area contributed by atoms with Crippen LogP contribution in [0.5, 0.6) is 0 Å². The van der Waals surface area contributed by atoms with Gasteiger partial charge in [0.15, 0.2) is 0 Å². The fourth-order valence-electron chi connectivity index (χ4n) is 1.20. The second kappa shape index (κ2) is 3.94. The van der Waals surface area contributed by atoms with Gasteiger partial charge in [-0.3, -0.25) is 10.1 Å².